The molecule has 0 spiro atoms. The standard InChI is InChI=1S/C13H24N2O2/c1-13(10-12(16)17,9-11-3-4-11)15-7-5-14(2)6-8-15/h11H,3-10H2,1-2H3,(H,16,17). The second-order valence-electron chi connectivity index (χ2n) is 6.01. The Morgan fingerprint density at radius 1 is 1.29 bits per heavy atom. The summed E-state index contributed by atoms with van der Waals surface area (Å²) in [5.74, 6) is 0.117. The van der Waals surface area contributed by atoms with Crippen LogP contribution in [0.2, 0.25) is 0 Å². The lowest BCUT2D eigenvalue weighted by Crippen LogP contribution is -2.56. The van der Waals surface area contributed by atoms with Crippen LogP contribution in [0.5, 0.6) is 0 Å². The largest absolute Gasteiger partial charge is 0.481 e. The third-order valence-electron chi connectivity index (χ3n) is 4.22. The van der Waals surface area contributed by atoms with Crippen molar-refractivity contribution in [1.82, 2.24) is 9.80 Å². The molecule has 1 N–H and O–H groups in total. The van der Waals surface area contributed by atoms with Gasteiger partial charge in [-0.1, -0.05) is 12.8 Å². The smallest absolute Gasteiger partial charge is 0.305 e. The van der Waals surface area contributed by atoms with E-state index in [4.69, 9.17) is 5.11 Å². The van der Waals surface area contributed by atoms with Crippen molar-refractivity contribution in [2.45, 2.75) is 38.1 Å². The van der Waals surface area contributed by atoms with Crippen LogP contribution in [0.15, 0.2) is 0 Å². The van der Waals surface area contributed by atoms with Crippen LogP contribution in [0.4, 0.5) is 0 Å². The molecule has 0 amide bonds. The molecule has 98 valence electrons. The minimum atomic E-state index is -0.660. The highest BCUT2D eigenvalue weighted by molar-refractivity contribution is 5.68. The van der Waals surface area contributed by atoms with Gasteiger partial charge in [-0.3, -0.25) is 9.69 Å². The molecule has 2 rings (SSSR count). The topological polar surface area (TPSA) is 43.8 Å². The molecule has 1 unspecified atom stereocenters. The summed E-state index contributed by atoms with van der Waals surface area (Å²) in [5, 5.41) is 9.13. The van der Waals surface area contributed by atoms with Crippen LogP contribution in [0.25, 0.3) is 0 Å². The molecule has 0 aromatic heterocycles. The van der Waals surface area contributed by atoms with Gasteiger partial charge in [-0.15, -0.1) is 0 Å². The molecule has 0 radical (unpaired) electrons. The number of rotatable bonds is 5. The van der Waals surface area contributed by atoms with Crippen molar-refractivity contribution in [2.75, 3.05) is 33.2 Å². The first kappa shape index (κ1) is 12.8. The molecule has 17 heavy (non-hydrogen) atoms. The normalized spacial score (nSPS) is 26.7. The van der Waals surface area contributed by atoms with E-state index in [0.29, 0.717) is 0 Å². The van der Waals surface area contributed by atoms with Crippen LogP contribution in [-0.4, -0.2) is 59.6 Å². The minimum absolute atomic E-state index is 0.131. The van der Waals surface area contributed by atoms with Gasteiger partial charge in [0.05, 0.1) is 6.42 Å². The van der Waals surface area contributed by atoms with Crippen LogP contribution in [0.3, 0.4) is 0 Å². The third kappa shape index (κ3) is 3.42. The Bertz CT molecular complexity index is 283. The Kier molecular flexibility index (Phi) is 3.73. The van der Waals surface area contributed by atoms with Crippen molar-refractivity contribution in [2.24, 2.45) is 5.92 Å². The summed E-state index contributed by atoms with van der Waals surface area (Å²) in [7, 11) is 2.13. The highest BCUT2D eigenvalue weighted by Crippen LogP contribution is 2.40. The van der Waals surface area contributed by atoms with Gasteiger partial charge in [0.2, 0.25) is 0 Å². The van der Waals surface area contributed by atoms with Gasteiger partial charge in [-0.25, -0.2) is 0 Å². The summed E-state index contributed by atoms with van der Waals surface area (Å²) < 4.78 is 0. The summed E-state index contributed by atoms with van der Waals surface area (Å²) in [5.41, 5.74) is -0.131. The van der Waals surface area contributed by atoms with Gasteiger partial charge in [-0.05, 0) is 26.3 Å². The number of piperazine rings is 1. The first-order chi connectivity index (χ1) is 7.99. The molecule has 2 fully saturated rings. The lowest BCUT2D eigenvalue weighted by atomic mass is 9.88. The molecule has 1 saturated carbocycles. The summed E-state index contributed by atoms with van der Waals surface area (Å²) in [4.78, 5) is 15.8. The predicted octanol–water partition coefficient (Wildman–Crippen LogP) is 1.27. The van der Waals surface area contributed by atoms with E-state index in [1.165, 1.54) is 12.8 Å². The van der Waals surface area contributed by atoms with Crippen LogP contribution < -0.4 is 0 Å². The monoisotopic (exact) mass is 240 g/mol. The molecule has 4 nitrogen and oxygen atoms in total. The molecule has 0 aromatic rings. The van der Waals surface area contributed by atoms with E-state index in [1.807, 2.05) is 0 Å². The molecule has 1 aliphatic carbocycles. The Labute approximate surface area is 104 Å². The fourth-order valence-electron chi connectivity index (χ4n) is 2.93. The van der Waals surface area contributed by atoms with E-state index < -0.39 is 5.97 Å². The summed E-state index contributed by atoms with van der Waals surface area (Å²) in [6, 6.07) is 0. The Balaban J connectivity index is 1.99. The van der Waals surface area contributed by atoms with Crippen molar-refractivity contribution in [3.8, 4) is 0 Å². The SMILES string of the molecule is CN1CCN(C(C)(CC(=O)O)CC2CC2)CC1. The number of carboxylic acids is 1. The Morgan fingerprint density at radius 2 is 1.88 bits per heavy atom. The number of likely N-dealkylation sites (N-methyl/N-ethyl adjacent to an activating group) is 1. The highest BCUT2D eigenvalue weighted by atomic mass is 16.4. The Hall–Kier alpha value is -0.610. The van der Waals surface area contributed by atoms with Crippen molar-refractivity contribution in [3.05, 3.63) is 0 Å². The minimum Gasteiger partial charge on any atom is -0.481 e. The maximum atomic E-state index is 11.1. The summed E-state index contributed by atoms with van der Waals surface area (Å²) in [6.07, 6.45) is 3.93. The number of carboxylic acid groups (broad SMARTS) is 1. The van der Waals surface area contributed by atoms with Gasteiger partial charge in [0.1, 0.15) is 0 Å². The first-order valence-electron chi connectivity index (χ1n) is 6.65. The van der Waals surface area contributed by atoms with E-state index in [2.05, 4.69) is 23.8 Å². The zero-order valence-corrected chi connectivity index (χ0v) is 11.0. The van der Waals surface area contributed by atoms with Crippen LogP contribution >= 0.6 is 0 Å². The number of aliphatic carboxylic acids is 1. The van der Waals surface area contributed by atoms with Gasteiger partial charge in [0, 0.05) is 31.7 Å². The highest BCUT2D eigenvalue weighted by Gasteiger charge is 2.40. The molecule has 1 atom stereocenters. The molecular formula is C13H24N2O2. The number of nitrogens with zero attached hydrogens (tertiary/aromatic N) is 2. The number of hydrogen-bond acceptors (Lipinski definition) is 3. The third-order valence-corrected chi connectivity index (χ3v) is 4.22. The lowest BCUT2D eigenvalue weighted by molar-refractivity contribution is -0.140. The van der Waals surface area contributed by atoms with Crippen LogP contribution in [-0.2, 0) is 4.79 Å². The van der Waals surface area contributed by atoms with Gasteiger partial charge >= 0.3 is 5.97 Å². The van der Waals surface area contributed by atoms with E-state index in [-0.39, 0.29) is 12.0 Å². The van der Waals surface area contributed by atoms with Gasteiger partial charge < -0.3 is 10.0 Å². The molecule has 0 aromatic carbocycles. The van der Waals surface area contributed by atoms with Crippen LogP contribution in [0, 0.1) is 5.92 Å². The van der Waals surface area contributed by atoms with Gasteiger partial charge in [0.15, 0.2) is 0 Å². The van der Waals surface area contributed by atoms with E-state index in [9.17, 15) is 4.79 Å². The molecule has 4 heteroatoms. The van der Waals surface area contributed by atoms with Gasteiger partial charge in [-0.2, -0.15) is 0 Å². The Morgan fingerprint density at radius 3 is 2.35 bits per heavy atom. The van der Waals surface area contributed by atoms with Crippen molar-refractivity contribution in [1.29, 1.82) is 0 Å². The zero-order valence-electron chi connectivity index (χ0n) is 11.0. The summed E-state index contributed by atoms with van der Waals surface area (Å²) in [6.45, 7) is 6.27. The second-order valence-corrected chi connectivity index (χ2v) is 6.01. The van der Waals surface area contributed by atoms with E-state index in [0.717, 1.165) is 38.5 Å². The maximum Gasteiger partial charge on any atom is 0.305 e. The molecule has 0 bridgehead atoms. The average molecular weight is 240 g/mol. The molecule has 1 saturated heterocycles. The molecule has 2 aliphatic rings. The molecular weight excluding hydrogens is 216 g/mol. The first-order valence-corrected chi connectivity index (χ1v) is 6.65. The second kappa shape index (κ2) is 4.94. The molecule has 1 aliphatic heterocycles. The van der Waals surface area contributed by atoms with Crippen molar-refractivity contribution < 1.29 is 9.90 Å². The van der Waals surface area contributed by atoms with Gasteiger partial charge in [0.25, 0.3) is 0 Å². The van der Waals surface area contributed by atoms with E-state index >= 15 is 0 Å². The predicted molar refractivity (Wildman–Crippen MR) is 67.1 cm³/mol. The zero-order chi connectivity index (χ0) is 12.5. The van der Waals surface area contributed by atoms with Crippen molar-refractivity contribution in [3.63, 3.8) is 0 Å². The van der Waals surface area contributed by atoms with Crippen molar-refractivity contribution >= 4 is 5.97 Å². The van der Waals surface area contributed by atoms with Crippen LogP contribution in [0.1, 0.15) is 32.6 Å². The fourth-order valence-corrected chi connectivity index (χ4v) is 2.93. The summed E-state index contributed by atoms with van der Waals surface area (Å²) >= 11 is 0. The number of hydrogen-bond donors (Lipinski definition) is 1. The lowest BCUT2D eigenvalue weighted by Gasteiger charge is -2.45. The average Bonchev–Trinajstić information content (AvgIpc) is 3.01. The fraction of sp³-hybridized carbons (Fsp3) is 0.923. The van der Waals surface area contributed by atoms with E-state index in [1.54, 1.807) is 0 Å². The maximum absolute atomic E-state index is 11.1. The quantitative estimate of drug-likeness (QED) is 0.786. The number of carbonyl (C=O) groups is 1. The molecule has 1 heterocycles.